The molecule has 1 atom stereocenters. The molecule has 0 bridgehead atoms. The van der Waals surface area contributed by atoms with E-state index in [1.165, 1.54) is 0 Å². The molecule has 1 fully saturated rings. The van der Waals surface area contributed by atoms with Gasteiger partial charge >= 0.3 is 0 Å². The minimum Gasteiger partial charge on any atom is -0.375 e. The number of aliphatic imine (C=N–C) groups is 1. The Morgan fingerprint density at radius 3 is 2.56 bits per heavy atom. The molecule has 0 spiro atoms. The largest absolute Gasteiger partial charge is 0.375 e. The number of guanidine groups is 1. The Morgan fingerprint density at radius 2 is 1.94 bits per heavy atom. The van der Waals surface area contributed by atoms with Crippen LogP contribution in [0.2, 0.25) is 0 Å². The van der Waals surface area contributed by atoms with Gasteiger partial charge < -0.3 is 25.2 Å². The van der Waals surface area contributed by atoms with E-state index in [0.29, 0.717) is 18.7 Å². The lowest BCUT2D eigenvalue weighted by Gasteiger charge is -2.32. The number of morpholine rings is 1. The summed E-state index contributed by atoms with van der Waals surface area (Å²) in [5, 5.41) is 6.62. The van der Waals surface area contributed by atoms with Crippen molar-refractivity contribution in [3.63, 3.8) is 0 Å². The van der Waals surface area contributed by atoms with Crippen molar-refractivity contribution in [2.24, 2.45) is 4.99 Å². The number of anilines is 1. The second-order valence-electron chi connectivity index (χ2n) is 8.10. The first kappa shape index (κ1) is 23.5. The molecule has 0 aliphatic carbocycles. The fourth-order valence-corrected chi connectivity index (χ4v) is 3.45. The molecule has 1 aliphatic heterocycles. The van der Waals surface area contributed by atoms with Crippen molar-refractivity contribution >= 4 is 17.7 Å². The Balaban J connectivity index is 1.56. The van der Waals surface area contributed by atoms with Gasteiger partial charge in [0.15, 0.2) is 5.96 Å². The maximum Gasteiger partial charge on any atom is 0.253 e. The van der Waals surface area contributed by atoms with Crippen LogP contribution in [0.4, 0.5) is 5.82 Å². The number of carbonyl (C=O) groups excluding carboxylic acids is 1. The summed E-state index contributed by atoms with van der Waals surface area (Å²) < 4.78 is 5.60. The van der Waals surface area contributed by atoms with Crippen LogP contribution in [0.3, 0.4) is 0 Å². The Labute approximate surface area is 190 Å². The van der Waals surface area contributed by atoms with Gasteiger partial charge in [-0.15, -0.1) is 0 Å². The van der Waals surface area contributed by atoms with Crippen LogP contribution in [0, 0.1) is 0 Å². The molecule has 2 heterocycles. The lowest BCUT2D eigenvalue weighted by molar-refractivity contribution is 0.0529. The molecule has 1 aromatic carbocycles. The second kappa shape index (κ2) is 11.5. The zero-order valence-corrected chi connectivity index (χ0v) is 19.5. The molecule has 32 heavy (non-hydrogen) atoms. The molecular formula is C24H34N6O2. The van der Waals surface area contributed by atoms with E-state index in [1.807, 2.05) is 37.4 Å². The van der Waals surface area contributed by atoms with E-state index in [2.05, 4.69) is 44.6 Å². The van der Waals surface area contributed by atoms with E-state index in [-0.39, 0.29) is 12.0 Å². The van der Waals surface area contributed by atoms with Crippen LogP contribution in [0.5, 0.6) is 0 Å². The van der Waals surface area contributed by atoms with Gasteiger partial charge in [0.1, 0.15) is 5.82 Å². The fraction of sp³-hybridized carbons (Fsp3) is 0.458. The van der Waals surface area contributed by atoms with Crippen molar-refractivity contribution in [1.82, 2.24) is 20.5 Å². The van der Waals surface area contributed by atoms with Crippen LogP contribution < -0.4 is 15.5 Å². The van der Waals surface area contributed by atoms with Crippen molar-refractivity contribution in [2.75, 3.05) is 45.2 Å². The van der Waals surface area contributed by atoms with E-state index in [1.54, 1.807) is 19.0 Å². The maximum atomic E-state index is 12.0. The van der Waals surface area contributed by atoms with Gasteiger partial charge in [-0.3, -0.25) is 4.79 Å². The van der Waals surface area contributed by atoms with E-state index < -0.39 is 0 Å². The SMILES string of the molecule is CCNC(=NCc1ccc(N2CCOC(C)C2)nc1)NCc1ccc(C(=O)N(C)C)cc1. The van der Waals surface area contributed by atoms with Gasteiger partial charge in [0.25, 0.3) is 5.91 Å². The van der Waals surface area contributed by atoms with Crippen molar-refractivity contribution in [3.05, 3.63) is 59.3 Å². The van der Waals surface area contributed by atoms with Gasteiger partial charge in [-0.1, -0.05) is 18.2 Å². The van der Waals surface area contributed by atoms with Crippen molar-refractivity contribution in [2.45, 2.75) is 33.0 Å². The minimum atomic E-state index is 0.00201. The lowest BCUT2D eigenvalue weighted by Crippen LogP contribution is -2.41. The normalized spacial score (nSPS) is 16.6. The Bertz CT molecular complexity index is 896. The molecule has 1 unspecified atom stereocenters. The molecule has 1 amide bonds. The van der Waals surface area contributed by atoms with Gasteiger partial charge in [0.2, 0.25) is 0 Å². The smallest absolute Gasteiger partial charge is 0.253 e. The van der Waals surface area contributed by atoms with E-state index in [4.69, 9.17) is 4.74 Å². The summed E-state index contributed by atoms with van der Waals surface area (Å²) in [5.74, 6) is 1.73. The summed E-state index contributed by atoms with van der Waals surface area (Å²) in [7, 11) is 3.51. The zero-order valence-electron chi connectivity index (χ0n) is 19.5. The van der Waals surface area contributed by atoms with Crippen LogP contribution in [-0.4, -0.2) is 68.2 Å². The van der Waals surface area contributed by atoms with Crippen molar-refractivity contribution in [1.29, 1.82) is 0 Å². The number of carbonyl (C=O) groups is 1. The van der Waals surface area contributed by atoms with Gasteiger partial charge in [0, 0.05) is 52.0 Å². The molecule has 3 rings (SSSR count). The number of aromatic nitrogens is 1. The quantitative estimate of drug-likeness (QED) is 0.510. The highest BCUT2D eigenvalue weighted by molar-refractivity contribution is 5.93. The molecule has 0 radical (unpaired) electrons. The topological polar surface area (TPSA) is 82.1 Å². The van der Waals surface area contributed by atoms with Crippen LogP contribution in [0.15, 0.2) is 47.6 Å². The molecule has 1 aromatic heterocycles. The molecule has 1 saturated heterocycles. The summed E-state index contributed by atoms with van der Waals surface area (Å²) in [5.41, 5.74) is 2.82. The number of nitrogens with zero attached hydrogens (tertiary/aromatic N) is 4. The highest BCUT2D eigenvalue weighted by atomic mass is 16.5. The molecule has 8 heteroatoms. The molecule has 8 nitrogen and oxygen atoms in total. The Morgan fingerprint density at radius 1 is 1.19 bits per heavy atom. The number of rotatable bonds is 7. The fourth-order valence-electron chi connectivity index (χ4n) is 3.45. The van der Waals surface area contributed by atoms with E-state index in [0.717, 1.165) is 49.1 Å². The maximum absolute atomic E-state index is 12.0. The highest BCUT2D eigenvalue weighted by Gasteiger charge is 2.17. The lowest BCUT2D eigenvalue weighted by atomic mass is 10.1. The van der Waals surface area contributed by atoms with Crippen LogP contribution in [0.1, 0.15) is 35.3 Å². The first-order valence-corrected chi connectivity index (χ1v) is 11.1. The van der Waals surface area contributed by atoms with Crippen molar-refractivity contribution in [3.8, 4) is 0 Å². The summed E-state index contributed by atoms with van der Waals surface area (Å²) in [6, 6.07) is 11.8. The average Bonchev–Trinajstić information content (AvgIpc) is 2.81. The highest BCUT2D eigenvalue weighted by Crippen LogP contribution is 2.15. The van der Waals surface area contributed by atoms with E-state index in [9.17, 15) is 4.79 Å². The summed E-state index contributed by atoms with van der Waals surface area (Å²) in [4.78, 5) is 25.2. The van der Waals surface area contributed by atoms with Crippen LogP contribution in [0.25, 0.3) is 0 Å². The van der Waals surface area contributed by atoms with E-state index >= 15 is 0 Å². The molecule has 0 saturated carbocycles. The van der Waals surface area contributed by atoms with Crippen molar-refractivity contribution < 1.29 is 9.53 Å². The zero-order chi connectivity index (χ0) is 22.9. The van der Waals surface area contributed by atoms with Crippen LogP contribution >= 0.6 is 0 Å². The summed E-state index contributed by atoms with van der Waals surface area (Å²) >= 11 is 0. The number of pyridine rings is 1. The number of ether oxygens (including phenoxy) is 1. The standard InChI is InChI=1S/C24H34N6O2/c1-5-25-24(27-14-19-6-9-21(10-7-19)23(31)29(3)4)28-16-20-8-11-22(26-15-20)30-12-13-32-18(2)17-30/h6-11,15,18H,5,12-14,16-17H2,1-4H3,(H2,25,27,28). The first-order valence-electron chi connectivity index (χ1n) is 11.1. The Kier molecular flexibility index (Phi) is 8.44. The number of amides is 1. The van der Waals surface area contributed by atoms with Gasteiger partial charge in [-0.25, -0.2) is 9.98 Å². The second-order valence-corrected chi connectivity index (χ2v) is 8.10. The molecular weight excluding hydrogens is 404 g/mol. The Hall–Kier alpha value is -3.13. The number of hydrogen-bond acceptors (Lipinski definition) is 5. The molecule has 2 aromatic rings. The third kappa shape index (κ3) is 6.68. The van der Waals surface area contributed by atoms with Gasteiger partial charge in [-0.2, -0.15) is 0 Å². The summed E-state index contributed by atoms with van der Waals surface area (Å²) in [6.07, 6.45) is 2.12. The predicted molar refractivity (Wildman–Crippen MR) is 128 cm³/mol. The number of nitrogens with one attached hydrogen (secondary N) is 2. The van der Waals surface area contributed by atoms with Crippen LogP contribution in [-0.2, 0) is 17.8 Å². The molecule has 1 aliphatic rings. The van der Waals surface area contributed by atoms with Gasteiger partial charge in [-0.05, 0) is 43.2 Å². The third-order valence-corrected chi connectivity index (χ3v) is 5.21. The third-order valence-electron chi connectivity index (χ3n) is 5.21. The number of hydrogen-bond donors (Lipinski definition) is 2. The molecule has 172 valence electrons. The molecule has 2 N–H and O–H groups in total. The minimum absolute atomic E-state index is 0.00201. The average molecular weight is 439 g/mol. The van der Waals surface area contributed by atoms with Gasteiger partial charge in [0.05, 0.1) is 19.3 Å². The monoisotopic (exact) mass is 438 g/mol. The number of benzene rings is 1. The first-order chi connectivity index (χ1) is 15.5. The summed E-state index contributed by atoms with van der Waals surface area (Å²) in [6.45, 7) is 8.53. The predicted octanol–water partition coefficient (Wildman–Crippen LogP) is 2.26.